The van der Waals surface area contributed by atoms with Gasteiger partial charge in [0.2, 0.25) is 0 Å². The lowest BCUT2D eigenvalue weighted by Gasteiger charge is -2.12. The molecule has 0 aliphatic rings. The van der Waals surface area contributed by atoms with E-state index in [2.05, 4.69) is 16.7 Å². The van der Waals surface area contributed by atoms with Crippen LogP contribution in [0.3, 0.4) is 0 Å². The third-order valence-corrected chi connectivity index (χ3v) is 4.13. The first kappa shape index (κ1) is 18.3. The molecule has 1 unspecified atom stereocenters. The van der Waals surface area contributed by atoms with Crippen molar-refractivity contribution in [2.24, 2.45) is 5.92 Å². The molecule has 6 heteroatoms. The Morgan fingerprint density at radius 2 is 2.23 bits per heavy atom. The molecular weight excluding hydrogens is 298 g/mol. The van der Waals surface area contributed by atoms with E-state index in [0.717, 1.165) is 17.0 Å². The van der Waals surface area contributed by atoms with E-state index in [-0.39, 0.29) is 11.9 Å². The number of carbonyl (C=O) groups is 1. The fraction of sp³-hybridized carbons (Fsp3) is 0.500. The van der Waals surface area contributed by atoms with Gasteiger partial charge in [-0.2, -0.15) is 5.26 Å². The Morgan fingerprint density at radius 3 is 2.95 bits per heavy atom. The van der Waals surface area contributed by atoms with Gasteiger partial charge in [-0.1, -0.05) is 12.1 Å². The van der Waals surface area contributed by atoms with Crippen molar-refractivity contribution in [1.29, 1.82) is 5.26 Å². The van der Waals surface area contributed by atoms with E-state index in [1.54, 1.807) is 11.8 Å². The van der Waals surface area contributed by atoms with Gasteiger partial charge in [-0.05, 0) is 32.4 Å². The molecule has 2 N–H and O–H groups in total. The van der Waals surface area contributed by atoms with Crippen LogP contribution < -0.4 is 10.6 Å². The molecule has 1 atom stereocenters. The second-order valence-electron chi connectivity index (χ2n) is 4.77. The van der Waals surface area contributed by atoms with Crippen molar-refractivity contribution in [2.45, 2.75) is 25.2 Å². The van der Waals surface area contributed by atoms with Gasteiger partial charge in [0.25, 0.3) is 0 Å². The van der Waals surface area contributed by atoms with Crippen LogP contribution in [0.25, 0.3) is 0 Å². The van der Waals surface area contributed by atoms with Gasteiger partial charge in [-0.15, -0.1) is 11.8 Å². The van der Waals surface area contributed by atoms with Crippen LogP contribution in [0.4, 0.5) is 10.5 Å². The van der Waals surface area contributed by atoms with Crippen LogP contribution in [0.15, 0.2) is 29.2 Å². The van der Waals surface area contributed by atoms with Gasteiger partial charge in [-0.25, -0.2) is 4.79 Å². The summed E-state index contributed by atoms with van der Waals surface area (Å²) in [6.45, 7) is 5.75. The summed E-state index contributed by atoms with van der Waals surface area (Å²) in [7, 11) is 0. The molecule has 1 aromatic carbocycles. The smallest absolute Gasteiger partial charge is 0.319 e. The van der Waals surface area contributed by atoms with Crippen LogP contribution in [0.2, 0.25) is 0 Å². The quantitative estimate of drug-likeness (QED) is 0.539. The number of ether oxygens (including phenoxy) is 1. The summed E-state index contributed by atoms with van der Waals surface area (Å²) >= 11 is 1.57. The standard InChI is InChI=1S/C16H23N3O2S/c1-3-21-10-6-9-18-16(20)19-14-7-4-5-8-15(14)22-12-13(2)11-17/h4-5,7-8,13H,3,6,9-10,12H2,1-2H3,(H2,18,19,20). The highest BCUT2D eigenvalue weighted by Gasteiger charge is 2.08. The summed E-state index contributed by atoms with van der Waals surface area (Å²) in [4.78, 5) is 12.8. The van der Waals surface area contributed by atoms with Crippen LogP contribution >= 0.6 is 11.8 Å². The number of hydrogen-bond donors (Lipinski definition) is 2. The Balaban J connectivity index is 2.44. The SMILES string of the molecule is CCOCCCNC(=O)Nc1ccccc1SCC(C)C#N. The average Bonchev–Trinajstić information content (AvgIpc) is 2.53. The lowest BCUT2D eigenvalue weighted by molar-refractivity contribution is 0.145. The largest absolute Gasteiger partial charge is 0.382 e. The maximum absolute atomic E-state index is 11.9. The van der Waals surface area contributed by atoms with Crippen molar-refractivity contribution in [3.63, 3.8) is 0 Å². The molecule has 0 radical (unpaired) electrons. The molecule has 0 fully saturated rings. The zero-order valence-electron chi connectivity index (χ0n) is 13.1. The number of hydrogen-bond acceptors (Lipinski definition) is 4. The molecule has 1 aromatic rings. The van der Waals surface area contributed by atoms with E-state index in [1.165, 1.54) is 0 Å². The van der Waals surface area contributed by atoms with Gasteiger partial charge >= 0.3 is 6.03 Å². The van der Waals surface area contributed by atoms with Crippen LogP contribution in [0.1, 0.15) is 20.3 Å². The van der Waals surface area contributed by atoms with Gasteiger partial charge in [0, 0.05) is 30.4 Å². The molecule has 0 aromatic heterocycles. The summed E-state index contributed by atoms with van der Waals surface area (Å²) in [5.41, 5.74) is 0.764. The normalized spacial score (nSPS) is 11.5. The predicted molar refractivity (Wildman–Crippen MR) is 90.1 cm³/mol. The number of nitriles is 1. The number of rotatable bonds is 9. The van der Waals surface area contributed by atoms with E-state index in [4.69, 9.17) is 10.00 Å². The van der Waals surface area contributed by atoms with Crippen LogP contribution in [-0.2, 0) is 4.74 Å². The molecule has 0 aliphatic heterocycles. The summed E-state index contributed by atoms with van der Waals surface area (Å²) < 4.78 is 5.22. The topological polar surface area (TPSA) is 74.2 Å². The monoisotopic (exact) mass is 321 g/mol. The summed E-state index contributed by atoms with van der Waals surface area (Å²) in [6.07, 6.45) is 0.789. The molecular formula is C16H23N3O2S. The van der Waals surface area contributed by atoms with Crippen LogP contribution in [0, 0.1) is 17.2 Å². The van der Waals surface area contributed by atoms with E-state index in [9.17, 15) is 4.79 Å². The van der Waals surface area contributed by atoms with Crippen LogP contribution in [-0.4, -0.2) is 31.5 Å². The first-order valence-electron chi connectivity index (χ1n) is 7.41. The highest BCUT2D eigenvalue weighted by atomic mass is 32.2. The number of nitrogens with zero attached hydrogens (tertiary/aromatic N) is 1. The molecule has 5 nitrogen and oxygen atoms in total. The van der Waals surface area contributed by atoms with Crippen molar-refractivity contribution in [2.75, 3.05) is 30.8 Å². The van der Waals surface area contributed by atoms with Crippen molar-refractivity contribution >= 4 is 23.5 Å². The summed E-state index contributed by atoms with van der Waals surface area (Å²) in [6, 6.07) is 9.59. The molecule has 0 spiro atoms. The third-order valence-electron chi connectivity index (χ3n) is 2.80. The molecule has 120 valence electrons. The zero-order valence-corrected chi connectivity index (χ0v) is 13.9. The third kappa shape index (κ3) is 7.34. The summed E-state index contributed by atoms with van der Waals surface area (Å²) in [5.74, 6) is 0.677. The number of carbonyl (C=O) groups excluding carboxylic acids is 1. The van der Waals surface area contributed by atoms with E-state index in [1.807, 2.05) is 38.1 Å². The Hall–Kier alpha value is -1.71. The lowest BCUT2D eigenvalue weighted by Crippen LogP contribution is -2.30. The fourth-order valence-electron chi connectivity index (χ4n) is 1.63. The first-order chi connectivity index (χ1) is 10.7. The lowest BCUT2D eigenvalue weighted by atomic mass is 10.3. The Morgan fingerprint density at radius 1 is 1.45 bits per heavy atom. The predicted octanol–water partition coefficient (Wildman–Crippen LogP) is 3.49. The Labute approximate surface area is 136 Å². The molecule has 2 amide bonds. The second kappa shape index (κ2) is 10.9. The molecule has 0 aliphatic carbocycles. The van der Waals surface area contributed by atoms with Gasteiger partial charge in [-0.3, -0.25) is 0 Å². The minimum Gasteiger partial charge on any atom is -0.382 e. The zero-order chi connectivity index (χ0) is 16.2. The second-order valence-corrected chi connectivity index (χ2v) is 5.83. The molecule has 0 heterocycles. The van der Waals surface area contributed by atoms with Crippen LogP contribution in [0.5, 0.6) is 0 Å². The van der Waals surface area contributed by atoms with Crippen molar-refractivity contribution < 1.29 is 9.53 Å². The summed E-state index contributed by atoms with van der Waals surface area (Å²) in [5, 5.41) is 14.5. The molecule has 0 bridgehead atoms. The molecule has 22 heavy (non-hydrogen) atoms. The van der Waals surface area contributed by atoms with Gasteiger partial charge in [0.15, 0.2) is 0 Å². The van der Waals surface area contributed by atoms with Crippen molar-refractivity contribution in [3.05, 3.63) is 24.3 Å². The number of nitrogens with one attached hydrogen (secondary N) is 2. The number of para-hydroxylation sites is 1. The van der Waals surface area contributed by atoms with Gasteiger partial charge < -0.3 is 15.4 Å². The number of amides is 2. The minimum absolute atomic E-state index is 0.0227. The van der Waals surface area contributed by atoms with Crippen molar-refractivity contribution in [3.8, 4) is 6.07 Å². The number of thioether (sulfide) groups is 1. The first-order valence-corrected chi connectivity index (χ1v) is 8.40. The Bertz CT molecular complexity index is 502. The average molecular weight is 321 g/mol. The maximum Gasteiger partial charge on any atom is 0.319 e. The van der Waals surface area contributed by atoms with Gasteiger partial charge in [0.1, 0.15) is 0 Å². The fourth-order valence-corrected chi connectivity index (χ4v) is 2.59. The highest BCUT2D eigenvalue weighted by Crippen LogP contribution is 2.28. The molecule has 0 saturated heterocycles. The number of anilines is 1. The molecule has 1 rings (SSSR count). The van der Waals surface area contributed by atoms with E-state index in [0.29, 0.717) is 25.5 Å². The minimum atomic E-state index is -0.224. The highest BCUT2D eigenvalue weighted by molar-refractivity contribution is 7.99. The Kier molecular flexibility index (Phi) is 9.12. The van der Waals surface area contributed by atoms with Gasteiger partial charge in [0.05, 0.1) is 17.7 Å². The maximum atomic E-state index is 11.9. The van der Waals surface area contributed by atoms with E-state index < -0.39 is 0 Å². The van der Waals surface area contributed by atoms with Crippen molar-refractivity contribution in [1.82, 2.24) is 5.32 Å². The van der Waals surface area contributed by atoms with E-state index >= 15 is 0 Å². The number of benzene rings is 1. The molecule has 0 saturated carbocycles. The number of urea groups is 1.